The highest BCUT2D eigenvalue weighted by Gasteiger charge is 2.34. The maximum atomic E-state index is 11.0. The largest absolute Gasteiger partial charge is 0.385 e. The lowest BCUT2D eigenvalue weighted by Gasteiger charge is -2.34. The molecular weight excluding hydrogens is 220 g/mol. The molecule has 2 aromatic rings. The second-order valence-corrected chi connectivity index (χ2v) is 4.78. The van der Waals surface area contributed by atoms with Gasteiger partial charge < -0.3 is 5.11 Å². The summed E-state index contributed by atoms with van der Waals surface area (Å²) in [5.41, 5.74) is 1.36. The zero-order valence-electron chi connectivity index (χ0n) is 11.0. The second-order valence-electron chi connectivity index (χ2n) is 4.78. The molecule has 18 heavy (non-hydrogen) atoms. The monoisotopic (exact) mass is 240 g/mol. The molecule has 0 fully saturated rings. The van der Waals surface area contributed by atoms with Gasteiger partial charge in [-0.1, -0.05) is 74.5 Å². The Labute approximate surface area is 109 Å². The third kappa shape index (κ3) is 2.32. The first-order valence-electron chi connectivity index (χ1n) is 6.51. The van der Waals surface area contributed by atoms with Crippen LogP contribution in [-0.2, 0) is 5.60 Å². The number of benzene rings is 2. The molecule has 0 amide bonds. The molecule has 2 atom stereocenters. The van der Waals surface area contributed by atoms with Gasteiger partial charge in [0.15, 0.2) is 0 Å². The maximum Gasteiger partial charge on any atom is 0.0959 e. The Kier molecular flexibility index (Phi) is 3.83. The molecular formula is C17H20O. The van der Waals surface area contributed by atoms with Gasteiger partial charge in [0.2, 0.25) is 0 Å². The molecule has 0 aliphatic carbocycles. The summed E-state index contributed by atoms with van der Waals surface area (Å²) >= 11 is 0. The maximum absolute atomic E-state index is 11.0. The van der Waals surface area contributed by atoms with Gasteiger partial charge in [0, 0.05) is 5.92 Å². The third-order valence-electron chi connectivity index (χ3n) is 3.83. The van der Waals surface area contributed by atoms with Crippen molar-refractivity contribution in [1.82, 2.24) is 0 Å². The highest BCUT2D eigenvalue weighted by Crippen LogP contribution is 2.39. The van der Waals surface area contributed by atoms with Gasteiger partial charge in [0.25, 0.3) is 0 Å². The van der Waals surface area contributed by atoms with E-state index < -0.39 is 5.60 Å². The first-order chi connectivity index (χ1) is 8.68. The van der Waals surface area contributed by atoms with Gasteiger partial charge in [0.1, 0.15) is 0 Å². The predicted molar refractivity (Wildman–Crippen MR) is 75.5 cm³/mol. The molecule has 0 radical (unpaired) electrons. The van der Waals surface area contributed by atoms with Crippen molar-refractivity contribution in [3.8, 4) is 0 Å². The lowest BCUT2D eigenvalue weighted by Crippen LogP contribution is -2.31. The average Bonchev–Trinajstić information content (AvgIpc) is 2.47. The molecule has 2 aromatic carbocycles. The summed E-state index contributed by atoms with van der Waals surface area (Å²) in [6.07, 6.45) is 0.701. The van der Waals surface area contributed by atoms with E-state index in [0.29, 0.717) is 6.42 Å². The van der Waals surface area contributed by atoms with Crippen molar-refractivity contribution in [2.24, 2.45) is 0 Å². The summed E-state index contributed by atoms with van der Waals surface area (Å²) in [5, 5.41) is 11.0. The van der Waals surface area contributed by atoms with Gasteiger partial charge in [-0.15, -0.1) is 0 Å². The third-order valence-corrected chi connectivity index (χ3v) is 3.83. The molecule has 1 N–H and O–H groups in total. The van der Waals surface area contributed by atoms with Crippen molar-refractivity contribution in [1.29, 1.82) is 0 Å². The molecule has 2 rings (SSSR count). The molecule has 0 bridgehead atoms. The van der Waals surface area contributed by atoms with Crippen molar-refractivity contribution < 1.29 is 5.11 Å². The number of aliphatic hydroxyl groups is 1. The fourth-order valence-electron chi connectivity index (χ4n) is 2.50. The van der Waals surface area contributed by atoms with Crippen molar-refractivity contribution in [2.75, 3.05) is 0 Å². The SMILES string of the molecule is CCC(O)(c1ccccc1)C(C)c1ccccc1. The highest BCUT2D eigenvalue weighted by atomic mass is 16.3. The minimum absolute atomic E-state index is 0.0751. The summed E-state index contributed by atoms with van der Waals surface area (Å²) in [5.74, 6) is 0.0751. The van der Waals surface area contributed by atoms with Gasteiger partial charge in [-0.25, -0.2) is 0 Å². The fourth-order valence-corrected chi connectivity index (χ4v) is 2.50. The molecule has 0 saturated heterocycles. The Balaban J connectivity index is 2.39. The summed E-state index contributed by atoms with van der Waals surface area (Å²) in [4.78, 5) is 0. The van der Waals surface area contributed by atoms with E-state index in [1.807, 2.05) is 55.5 Å². The Morgan fingerprint density at radius 1 is 0.944 bits per heavy atom. The van der Waals surface area contributed by atoms with E-state index in [1.54, 1.807) is 0 Å². The molecule has 0 spiro atoms. The van der Waals surface area contributed by atoms with Crippen LogP contribution in [0.3, 0.4) is 0 Å². The fraction of sp³-hybridized carbons (Fsp3) is 0.294. The predicted octanol–water partition coefficient (Wildman–Crippen LogP) is 4.09. The van der Waals surface area contributed by atoms with Crippen molar-refractivity contribution >= 4 is 0 Å². The van der Waals surface area contributed by atoms with Crippen LogP contribution in [0.25, 0.3) is 0 Å². The van der Waals surface area contributed by atoms with E-state index in [4.69, 9.17) is 0 Å². The van der Waals surface area contributed by atoms with E-state index in [9.17, 15) is 5.11 Å². The van der Waals surface area contributed by atoms with Crippen LogP contribution in [0.1, 0.15) is 37.3 Å². The van der Waals surface area contributed by atoms with Gasteiger partial charge in [-0.3, -0.25) is 0 Å². The van der Waals surface area contributed by atoms with E-state index in [-0.39, 0.29) is 5.92 Å². The van der Waals surface area contributed by atoms with Crippen LogP contribution in [0, 0.1) is 0 Å². The van der Waals surface area contributed by atoms with Crippen LogP contribution in [0.5, 0.6) is 0 Å². The zero-order valence-corrected chi connectivity index (χ0v) is 11.0. The van der Waals surface area contributed by atoms with Crippen LogP contribution in [-0.4, -0.2) is 5.11 Å². The Hall–Kier alpha value is -1.60. The summed E-state index contributed by atoms with van der Waals surface area (Å²) < 4.78 is 0. The molecule has 94 valence electrons. The highest BCUT2D eigenvalue weighted by molar-refractivity contribution is 5.30. The molecule has 2 unspecified atom stereocenters. The van der Waals surface area contributed by atoms with E-state index in [1.165, 1.54) is 5.56 Å². The van der Waals surface area contributed by atoms with Crippen molar-refractivity contribution in [3.05, 3.63) is 71.8 Å². The Morgan fingerprint density at radius 3 is 1.94 bits per heavy atom. The van der Waals surface area contributed by atoms with Gasteiger partial charge in [0.05, 0.1) is 5.60 Å². The van der Waals surface area contributed by atoms with Gasteiger partial charge >= 0.3 is 0 Å². The number of hydrogen-bond donors (Lipinski definition) is 1. The minimum Gasteiger partial charge on any atom is -0.385 e. The topological polar surface area (TPSA) is 20.2 Å². The molecule has 1 heteroatoms. The van der Waals surface area contributed by atoms with Crippen molar-refractivity contribution in [3.63, 3.8) is 0 Å². The molecule has 0 saturated carbocycles. The van der Waals surface area contributed by atoms with Crippen LogP contribution < -0.4 is 0 Å². The van der Waals surface area contributed by atoms with Crippen molar-refractivity contribution in [2.45, 2.75) is 31.8 Å². The Morgan fingerprint density at radius 2 is 1.44 bits per heavy atom. The average molecular weight is 240 g/mol. The Bertz CT molecular complexity index is 477. The molecule has 0 heterocycles. The van der Waals surface area contributed by atoms with Gasteiger partial charge in [-0.2, -0.15) is 0 Å². The molecule has 0 aromatic heterocycles. The molecule has 0 aliphatic heterocycles. The number of rotatable bonds is 4. The van der Waals surface area contributed by atoms with E-state index in [0.717, 1.165) is 5.56 Å². The quantitative estimate of drug-likeness (QED) is 0.853. The smallest absolute Gasteiger partial charge is 0.0959 e. The first kappa shape index (κ1) is 12.8. The van der Waals surface area contributed by atoms with Crippen LogP contribution in [0.4, 0.5) is 0 Å². The van der Waals surface area contributed by atoms with E-state index in [2.05, 4.69) is 19.1 Å². The number of hydrogen-bond acceptors (Lipinski definition) is 1. The minimum atomic E-state index is -0.803. The van der Waals surface area contributed by atoms with Crippen LogP contribution in [0.15, 0.2) is 60.7 Å². The second kappa shape index (κ2) is 5.36. The lowest BCUT2D eigenvalue weighted by molar-refractivity contribution is 0.00849. The van der Waals surface area contributed by atoms with Crippen LogP contribution >= 0.6 is 0 Å². The molecule has 0 aliphatic rings. The zero-order chi connectivity index (χ0) is 13.0. The summed E-state index contributed by atoms with van der Waals surface area (Å²) in [7, 11) is 0. The molecule has 1 nitrogen and oxygen atoms in total. The van der Waals surface area contributed by atoms with Gasteiger partial charge in [-0.05, 0) is 17.5 Å². The van der Waals surface area contributed by atoms with Crippen LogP contribution in [0.2, 0.25) is 0 Å². The summed E-state index contributed by atoms with van der Waals surface area (Å²) in [6.45, 7) is 4.12. The standard InChI is InChI=1S/C17H20O/c1-3-17(18,16-12-8-5-9-13-16)14(2)15-10-6-4-7-11-15/h4-14,18H,3H2,1-2H3. The lowest BCUT2D eigenvalue weighted by atomic mass is 9.77. The first-order valence-corrected chi connectivity index (χ1v) is 6.51. The normalized spacial score (nSPS) is 15.9. The van der Waals surface area contributed by atoms with E-state index >= 15 is 0 Å². The summed E-state index contributed by atoms with van der Waals surface area (Å²) in [6, 6.07) is 20.1.